The van der Waals surface area contributed by atoms with Crippen molar-refractivity contribution in [1.29, 1.82) is 0 Å². The summed E-state index contributed by atoms with van der Waals surface area (Å²) in [7, 11) is 0. The monoisotopic (exact) mass is 315 g/mol. The third kappa shape index (κ3) is 4.28. The number of hydrogen-bond acceptors (Lipinski definition) is 1. The molecule has 0 aromatic heterocycles. The largest absolute Gasteiger partial charge is 0.290 e. The van der Waals surface area contributed by atoms with Gasteiger partial charge in [0, 0.05) is 10.6 Å². The summed E-state index contributed by atoms with van der Waals surface area (Å²) in [5, 5.41) is 0.783. The molecule has 3 rings (SSSR count). The zero-order valence-corrected chi connectivity index (χ0v) is 14.1. The van der Waals surface area contributed by atoms with E-state index in [4.69, 9.17) is 11.6 Å². The SMILES string of the molecule is Clc1ccc(C#CC(C2CCCCC2)N2CCCCC2)cc1. The van der Waals surface area contributed by atoms with Gasteiger partial charge in [-0.15, -0.1) is 0 Å². The Labute approximate surface area is 140 Å². The molecule has 1 aliphatic carbocycles. The van der Waals surface area contributed by atoms with Gasteiger partial charge in [-0.25, -0.2) is 0 Å². The van der Waals surface area contributed by atoms with Crippen LogP contribution in [0.15, 0.2) is 24.3 Å². The summed E-state index contributed by atoms with van der Waals surface area (Å²) in [6.45, 7) is 2.47. The van der Waals surface area contributed by atoms with E-state index in [1.807, 2.05) is 24.3 Å². The lowest BCUT2D eigenvalue weighted by Gasteiger charge is -2.37. The summed E-state index contributed by atoms with van der Waals surface area (Å²) in [6, 6.07) is 8.38. The number of likely N-dealkylation sites (tertiary alicyclic amines) is 1. The van der Waals surface area contributed by atoms with Crippen molar-refractivity contribution >= 4 is 11.6 Å². The maximum atomic E-state index is 5.96. The number of benzene rings is 1. The summed E-state index contributed by atoms with van der Waals surface area (Å²) in [5.41, 5.74) is 1.09. The fourth-order valence-electron chi connectivity index (χ4n) is 3.84. The van der Waals surface area contributed by atoms with Gasteiger partial charge in [0.25, 0.3) is 0 Å². The zero-order chi connectivity index (χ0) is 15.2. The molecule has 2 aliphatic rings. The van der Waals surface area contributed by atoms with Crippen molar-refractivity contribution in [1.82, 2.24) is 4.90 Å². The molecule has 1 aromatic carbocycles. The first kappa shape index (κ1) is 15.9. The second-order valence-corrected chi connectivity index (χ2v) is 7.15. The summed E-state index contributed by atoms with van der Waals surface area (Å²) in [4.78, 5) is 2.66. The average Bonchev–Trinajstić information content (AvgIpc) is 2.59. The van der Waals surface area contributed by atoms with Crippen molar-refractivity contribution in [3.8, 4) is 11.8 Å². The Morgan fingerprint density at radius 3 is 2.23 bits per heavy atom. The van der Waals surface area contributed by atoms with Crippen molar-refractivity contribution in [3.63, 3.8) is 0 Å². The van der Waals surface area contributed by atoms with Crippen molar-refractivity contribution in [2.24, 2.45) is 5.92 Å². The quantitative estimate of drug-likeness (QED) is 0.684. The first-order valence-electron chi connectivity index (χ1n) is 8.84. The fraction of sp³-hybridized carbons (Fsp3) is 0.600. The van der Waals surface area contributed by atoms with Crippen LogP contribution < -0.4 is 0 Å². The van der Waals surface area contributed by atoms with Gasteiger partial charge in [-0.05, 0) is 69.0 Å². The van der Waals surface area contributed by atoms with Crippen molar-refractivity contribution in [3.05, 3.63) is 34.9 Å². The topological polar surface area (TPSA) is 3.24 Å². The lowest BCUT2D eigenvalue weighted by Crippen LogP contribution is -2.43. The minimum Gasteiger partial charge on any atom is -0.290 e. The molecular weight excluding hydrogens is 290 g/mol. The van der Waals surface area contributed by atoms with Crippen molar-refractivity contribution < 1.29 is 0 Å². The van der Waals surface area contributed by atoms with Gasteiger partial charge >= 0.3 is 0 Å². The second kappa shape index (κ2) is 8.04. The molecule has 1 heterocycles. The van der Waals surface area contributed by atoms with E-state index in [0.29, 0.717) is 6.04 Å². The lowest BCUT2D eigenvalue weighted by atomic mass is 9.82. The molecule has 1 aromatic rings. The van der Waals surface area contributed by atoms with Crippen molar-refractivity contribution in [2.45, 2.75) is 57.4 Å². The molecule has 0 radical (unpaired) electrons. The minimum atomic E-state index is 0.455. The molecule has 0 bridgehead atoms. The Hall–Kier alpha value is -0.970. The van der Waals surface area contributed by atoms with Crippen LogP contribution in [-0.4, -0.2) is 24.0 Å². The van der Waals surface area contributed by atoms with Gasteiger partial charge in [0.2, 0.25) is 0 Å². The van der Waals surface area contributed by atoms with Gasteiger partial charge < -0.3 is 0 Å². The first-order chi connectivity index (χ1) is 10.8. The van der Waals surface area contributed by atoms with E-state index in [0.717, 1.165) is 16.5 Å². The van der Waals surface area contributed by atoms with E-state index in [2.05, 4.69) is 16.7 Å². The van der Waals surface area contributed by atoms with E-state index < -0.39 is 0 Å². The Morgan fingerprint density at radius 1 is 0.909 bits per heavy atom. The van der Waals surface area contributed by atoms with E-state index in [1.165, 1.54) is 64.5 Å². The summed E-state index contributed by atoms with van der Waals surface area (Å²) in [6.07, 6.45) is 11.0. The normalized spacial score (nSPS) is 21.9. The lowest BCUT2D eigenvalue weighted by molar-refractivity contribution is 0.133. The Kier molecular flexibility index (Phi) is 5.82. The molecular formula is C20H26ClN. The van der Waals surface area contributed by atoms with Crippen LogP contribution in [-0.2, 0) is 0 Å². The number of hydrogen-bond donors (Lipinski definition) is 0. The highest BCUT2D eigenvalue weighted by atomic mass is 35.5. The Morgan fingerprint density at radius 2 is 1.55 bits per heavy atom. The van der Waals surface area contributed by atoms with E-state index >= 15 is 0 Å². The van der Waals surface area contributed by atoms with Crippen LogP contribution in [0.25, 0.3) is 0 Å². The van der Waals surface area contributed by atoms with Crippen LogP contribution >= 0.6 is 11.6 Å². The van der Waals surface area contributed by atoms with Crippen LogP contribution in [0.5, 0.6) is 0 Å². The minimum absolute atomic E-state index is 0.455. The molecule has 1 atom stereocenters. The molecule has 1 saturated carbocycles. The van der Waals surface area contributed by atoms with E-state index in [9.17, 15) is 0 Å². The van der Waals surface area contributed by atoms with Crippen LogP contribution in [0.2, 0.25) is 5.02 Å². The highest BCUT2D eigenvalue weighted by Crippen LogP contribution is 2.30. The average molecular weight is 316 g/mol. The molecule has 1 saturated heterocycles. The summed E-state index contributed by atoms with van der Waals surface area (Å²) < 4.78 is 0. The third-order valence-electron chi connectivity index (χ3n) is 5.09. The standard InChI is InChI=1S/C20H26ClN/c21-19-12-9-17(10-13-19)11-14-20(18-7-3-1-4-8-18)22-15-5-2-6-16-22/h9-10,12-13,18,20H,1-8,15-16H2. The first-order valence-corrected chi connectivity index (χ1v) is 9.22. The predicted molar refractivity (Wildman–Crippen MR) is 94.1 cm³/mol. The molecule has 0 N–H and O–H groups in total. The molecule has 0 amide bonds. The molecule has 2 heteroatoms. The zero-order valence-electron chi connectivity index (χ0n) is 13.4. The molecule has 2 fully saturated rings. The maximum absolute atomic E-state index is 5.96. The highest BCUT2D eigenvalue weighted by molar-refractivity contribution is 6.30. The Bertz CT molecular complexity index is 495. The van der Waals surface area contributed by atoms with Gasteiger partial charge in [0.05, 0.1) is 6.04 Å². The molecule has 1 nitrogen and oxygen atoms in total. The fourth-order valence-corrected chi connectivity index (χ4v) is 3.97. The molecule has 1 unspecified atom stereocenters. The van der Waals surface area contributed by atoms with Crippen LogP contribution in [0.4, 0.5) is 0 Å². The van der Waals surface area contributed by atoms with Gasteiger partial charge in [-0.1, -0.05) is 49.1 Å². The highest BCUT2D eigenvalue weighted by Gasteiger charge is 2.28. The van der Waals surface area contributed by atoms with Gasteiger partial charge in [-0.2, -0.15) is 0 Å². The Balaban J connectivity index is 1.76. The van der Waals surface area contributed by atoms with E-state index in [-0.39, 0.29) is 0 Å². The van der Waals surface area contributed by atoms with Gasteiger partial charge in [-0.3, -0.25) is 4.90 Å². The maximum Gasteiger partial charge on any atom is 0.0746 e. The number of nitrogens with zero attached hydrogens (tertiary/aromatic N) is 1. The van der Waals surface area contributed by atoms with Gasteiger partial charge in [0.15, 0.2) is 0 Å². The molecule has 0 spiro atoms. The van der Waals surface area contributed by atoms with Crippen molar-refractivity contribution in [2.75, 3.05) is 13.1 Å². The number of piperidine rings is 1. The van der Waals surface area contributed by atoms with Crippen LogP contribution in [0.1, 0.15) is 56.9 Å². The third-order valence-corrected chi connectivity index (χ3v) is 5.34. The second-order valence-electron chi connectivity index (χ2n) is 6.72. The van der Waals surface area contributed by atoms with Crippen LogP contribution in [0.3, 0.4) is 0 Å². The number of halogens is 1. The van der Waals surface area contributed by atoms with E-state index in [1.54, 1.807) is 0 Å². The molecule has 1 aliphatic heterocycles. The molecule has 22 heavy (non-hydrogen) atoms. The number of rotatable bonds is 2. The van der Waals surface area contributed by atoms with Crippen LogP contribution in [0, 0.1) is 17.8 Å². The smallest absolute Gasteiger partial charge is 0.0746 e. The molecule has 118 valence electrons. The van der Waals surface area contributed by atoms with Gasteiger partial charge in [0.1, 0.15) is 0 Å². The summed E-state index contributed by atoms with van der Waals surface area (Å²) in [5.74, 6) is 7.81. The summed E-state index contributed by atoms with van der Waals surface area (Å²) >= 11 is 5.96. The predicted octanol–water partition coefficient (Wildman–Crippen LogP) is 5.13.